The van der Waals surface area contributed by atoms with Gasteiger partial charge in [0.15, 0.2) is 5.76 Å². The van der Waals surface area contributed by atoms with Gasteiger partial charge >= 0.3 is 11.9 Å². The highest BCUT2D eigenvalue weighted by molar-refractivity contribution is 6.14. The molecule has 0 radical (unpaired) electrons. The third-order valence-electron chi connectivity index (χ3n) is 4.72. The second-order valence-corrected chi connectivity index (χ2v) is 5.97. The minimum Gasteiger partial charge on any atom is -0.463 e. The van der Waals surface area contributed by atoms with Crippen LogP contribution in [-0.4, -0.2) is 30.4 Å². The van der Waals surface area contributed by atoms with Crippen LogP contribution in [0.4, 0.5) is 0 Å². The normalized spacial score (nSPS) is 24.0. The van der Waals surface area contributed by atoms with Gasteiger partial charge < -0.3 is 13.9 Å². The number of fused-ring (bicyclic) bond motifs is 2. The summed E-state index contributed by atoms with van der Waals surface area (Å²) in [7, 11) is 0. The zero-order valence-corrected chi connectivity index (χ0v) is 13.1. The molecule has 2 atom stereocenters. The van der Waals surface area contributed by atoms with E-state index < -0.39 is 23.5 Å². The molecule has 1 aliphatic heterocycles. The molecule has 2 aromatic rings. The largest absolute Gasteiger partial charge is 0.463 e. The molecule has 1 aromatic carbocycles. The number of carbonyl (C=O) groups is 3. The highest BCUT2D eigenvalue weighted by Crippen LogP contribution is 2.49. The van der Waals surface area contributed by atoms with Crippen molar-refractivity contribution in [1.82, 2.24) is 0 Å². The van der Waals surface area contributed by atoms with Gasteiger partial charge in [-0.05, 0) is 19.4 Å². The van der Waals surface area contributed by atoms with E-state index in [9.17, 15) is 14.4 Å². The van der Waals surface area contributed by atoms with Gasteiger partial charge in [0, 0.05) is 11.1 Å². The van der Waals surface area contributed by atoms with Gasteiger partial charge in [-0.1, -0.05) is 24.3 Å². The van der Waals surface area contributed by atoms with E-state index in [1.54, 1.807) is 38.1 Å². The Hall–Kier alpha value is -2.89. The van der Waals surface area contributed by atoms with Crippen LogP contribution in [0, 0.1) is 0 Å². The average molecular weight is 326 g/mol. The summed E-state index contributed by atoms with van der Waals surface area (Å²) in [6, 6.07) is 6.95. The molecule has 2 heterocycles. The fraction of sp³-hybridized carbons (Fsp3) is 0.278. The SMILES string of the molecule is CCOC(=O)[C@@H]1OC(=O)c2coc3c2[C@@]1(C)c1ccccc1C3=O. The smallest absolute Gasteiger partial charge is 0.348 e. The standard InChI is InChI=1S/C18H14O6/c1-3-22-17(21)15-18(2)11-7-5-4-6-9(11)13(19)14-12(18)10(8-23-14)16(20)24-15/h4-8,15H,3H2,1-2H3/t15-,18+/m0/s1. The Balaban J connectivity index is 2.04. The molecule has 6 nitrogen and oxygen atoms in total. The van der Waals surface area contributed by atoms with E-state index in [1.807, 2.05) is 0 Å². The summed E-state index contributed by atoms with van der Waals surface area (Å²) in [5.41, 5.74) is 0.593. The van der Waals surface area contributed by atoms with Crippen molar-refractivity contribution in [2.75, 3.05) is 6.61 Å². The molecule has 1 aromatic heterocycles. The first-order valence-corrected chi connectivity index (χ1v) is 7.64. The second kappa shape index (κ2) is 4.80. The maximum absolute atomic E-state index is 12.7. The molecule has 0 saturated heterocycles. The quantitative estimate of drug-likeness (QED) is 0.787. The predicted molar refractivity (Wildman–Crippen MR) is 80.9 cm³/mol. The van der Waals surface area contributed by atoms with Gasteiger partial charge in [0.25, 0.3) is 0 Å². The maximum Gasteiger partial charge on any atom is 0.348 e. The number of carbonyl (C=O) groups excluding carboxylic acids is 3. The molecule has 0 amide bonds. The molecule has 4 rings (SSSR count). The number of hydrogen-bond donors (Lipinski definition) is 0. The summed E-state index contributed by atoms with van der Waals surface area (Å²) in [6.45, 7) is 3.61. The first-order chi connectivity index (χ1) is 11.5. The third-order valence-corrected chi connectivity index (χ3v) is 4.72. The maximum atomic E-state index is 12.7. The molecule has 0 bridgehead atoms. The van der Waals surface area contributed by atoms with E-state index in [0.717, 1.165) is 0 Å². The van der Waals surface area contributed by atoms with E-state index in [0.29, 0.717) is 16.7 Å². The highest BCUT2D eigenvalue weighted by atomic mass is 16.6. The second-order valence-electron chi connectivity index (χ2n) is 5.97. The zero-order valence-electron chi connectivity index (χ0n) is 13.1. The lowest BCUT2D eigenvalue weighted by molar-refractivity contribution is -0.157. The van der Waals surface area contributed by atoms with Crippen LogP contribution in [0.15, 0.2) is 34.9 Å². The van der Waals surface area contributed by atoms with E-state index in [-0.39, 0.29) is 23.7 Å². The molecule has 0 unspecified atom stereocenters. The van der Waals surface area contributed by atoms with Crippen LogP contribution in [0.3, 0.4) is 0 Å². The minimum atomic E-state index is -1.18. The van der Waals surface area contributed by atoms with E-state index in [1.165, 1.54) is 6.26 Å². The summed E-state index contributed by atoms with van der Waals surface area (Å²) < 4.78 is 15.9. The number of ketones is 1. The minimum absolute atomic E-state index is 0.0807. The van der Waals surface area contributed by atoms with Crippen LogP contribution in [-0.2, 0) is 19.7 Å². The van der Waals surface area contributed by atoms with Crippen LogP contribution in [0.1, 0.15) is 51.5 Å². The molecule has 24 heavy (non-hydrogen) atoms. The van der Waals surface area contributed by atoms with E-state index in [2.05, 4.69) is 0 Å². The van der Waals surface area contributed by atoms with Gasteiger partial charge in [0.1, 0.15) is 11.8 Å². The Kier molecular flexibility index (Phi) is 2.94. The molecule has 122 valence electrons. The topological polar surface area (TPSA) is 82.8 Å². The van der Waals surface area contributed by atoms with Gasteiger partial charge in [-0.3, -0.25) is 4.79 Å². The third kappa shape index (κ3) is 1.62. The summed E-state index contributed by atoms with van der Waals surface area (Å²) in [5.74, 6) is -1.56. The molecule has 2 aliphatic rings. The average Bonchev–Trinajstić information content (AvgIpc) is 3.03. The van der Waals surface area contributed by atoms with Crippen molar-refractivity contribution in [3.8, 4) is 0 Å². The summed E-state index contributed by atoms with van der Waals surface area (Å²) in [6.07, 6.45) is 0.0409. The molecule has 0 fully saturated rings. The fourth-order valence-corrected chi connectivity index (χ4v) is 3.64. The number of benzene rings is 1. The van der Waals surface area contributed by atoms with Crippen LogP contribution < -0.4 is 0 Å². The van der Waals surface area contributed by atoms with Crippen LogP contribution >= 0.6 is 0 Å². The lowest BCUT2D eigenvalue weighted by Crippen LogP contribution is -2.53. The molecule has 6 heteroatoms. The number of ether oxygens (including phenoxy) is 2. The fourth-order valence-electron chi connectivity index (χ4n) is 3.64. The number of hydrogen-bond acceptors (Lipinski definition) is 6. The Morgan fingerprint density at radius 2 is 2.00 bits per heavy atom. The summed E-state index contributed by atoms with van der Waals surface area (Å²) in [4.78, 5) is 37.4. The van der Waals surface area contributed by atoms with Crippen molar-refractivity contribution < 1.29 is 28.3 Å². The highest BCUT2D eigenvalue weighted by Gasteiger charge is 2.57. The van der Waals surface area contributed by atoms with Gasteiger partial charge in [-0.15, -0.1) is 0 Å². The van der Waals surface area contributed by atoms with Gasteiger partial charge in [0.2, 0.25) is 11.9 Å². The lowest BCUT2D eigenvalue weighted by atomic mass is 9.64. The number of furan rings is 1. The molecule has 1 aliphatic carbocycles. The van der Waals surface area contributed by atoms with Crippen molar-refractivity contribution in [3.05, 3.63) is 58.5 Å². The van der Waals surface area contributed by atoms with Crippen LogP contribution in [0.2, 0.25) is 0 Å². The predicted octanol–water partition coefficient (Wildman–Crippen LogP) is 2.23. The van der Waals surface area contributed by atoms with E-state index in [4.69, 9.17) is 13.9 Å². The van der Waals surface area contributed by atoms with Crippen molar-refractivity contribution in [1.29, 1.82) is 0 Å². The van der Waals surface area contributed by atoms with Gasteiger partial charge in [0.05, 0.1) is 12.0 Å². The number of cyclic esters (lactones) is 1. The first kappa shape index (κ1) is 14.7. The molecular formula is C18H14O6. The van der Waals surface area contributed by atoms with Gasteiger partial charge in [-0.25, -0.2) is 9.59 Å². The number of rotatable bonds is 2. The molecule has 0 saturated carbocycles. The van der Waals surface area contributed by atoms with Crippen molar-refractivity contribution in [3.63, 3.8) is 0 Å². The van der Waals surface area contributed by atoms with Crippen molar-refractivity contribution in [2.24, 2.45) is 0 Å². The Labute approximate surface area is 137 Å². The Morgan fingerprint density at radius 1 is 1.25 bits per heavy atom. The van der Waals surface area contributed by atoms with Gasteiger partial charge in [-0.2, -0.15) is 0 Å². The molecular weight excluding hydrogens is 312 g/mol. The van der Waals surface area contributed by atoms with Crippen LogP contribution in [0.25, 0.3) is 0 Å². The number of esters is 2. The monoisotopic (exact) mass is 326 g/mol. The van der Waals surface area contributed by atoms with Crippen LogP contribution in [0.5, 0.6) is 0 Å². The summed E-state index contributed by atoms with van der Waals surface area (Å²) >= 11 is 0. The zero-order chi connectivity index (χ0) is 17.1. The Morgan fingerprint density at radius 3 is 2.75 bits per heavy atom. The van der Waals surface area contributed by atoms with Crippen molar-refractivity contribution >= 4 is 17.7 Å². The Bertz CT molecular complexity index is 893. The molecule has 0 spiro atoms. The van der Waals surface area contributed by atoms with Crippen molar-refractivity contribution in [2.45, 2.75) is 25.4 Å². The van der Waals surface area contributed by atoms with E-state index >= 15 is 0 Å². The molecule has 0 N–H and O–H groups in total. The summed E-state index contributed by atoms with van der Waals surface area (Å²) in [5, 5.41) is 0. The first-order valence-electron chi connectivity index (χ1n) is 7.64. The lowest BCUT2D eigenvalue weighted by Gasteiger charge is -2.42.